The molecule has 0 atom stereocenters. The van der Waals surface area contributed by atoms with Crippen molar-refractivity contribution in [2.24, 2.45) is 0 Å². The molecule has 0 spiro atoms. The summed E-state index contributed by atoms with van der Waals surface area (Å²) in [4.78, 5) is 22.0. The topological polar surface area (TPSA) is 95.4 Å². The number of pyridine rings is 1. The predicted molar refractivity (Wildman–Crippen MR) is 113 cm³/mol. The highest BCUT2D eigenvalue weighted by molar-refractivity contribution is 9.10. The Kier molecular flexibility index (Phi) is 5.11. The van der Waals surface area contributed by atoms with Gasteiger partial charge in [-0.15, -0.1) is 11.3 Å². The minimum Gasteiger partial charge on any atom is -0.382 e. The van der Waals surface area contributed by atoms with Gasteiger partial charge < -0.3 is 10.3 Å². The fraction of sp³-hybridized carbons (Fsp3) is 0.235. The lowest BCUT2D eigenvalue weighted by molar-refractivity contribution is 0.655. The third kappa shape index (κ3) is 3.69. The van der Waals surface area contributed by atoms with Crippen molar-refractivity contribution < 1.29 is 0 Å². The summed E-state index contributed by atoms with van der Waals surface area (Å²) >= 11 is 6.64. The number of halogens is 1. The van der Waals surface area contributed by atoms with E-state index < -0.39 is 0 Å². The van der Waals surface area contributed by atoms with E-state index in [1.807, 2.05) is 0 Å². The number of hydrogen-bond donors (Lipinski definition) is 1. The summed E-state index contributed by atoms with van der Waals surface area (Å²) in [5, 5.41) is 0.808. The van der Waals surface area contributed by atoms with E-state index in [9.17, 15) is 0 Å². The molecule has 0 amide bonds. The maximum absolute atomic E-state index is 6.01. The van der Waals surface area contributed by atoms with Crippen molar-refractivity contribution >= 4 is 66.2 Å². The van der Waals surface area contributed by atoms with Crippen LogP contribution in [0.5, 0.6) is 0 Å². The number of nitrogens with zero attached hydrogens (tertiary/aromatic N) is 6. The van der Waals surface area contributed by atoms with Crippen molar-refractivity contribution in [3.8, 4) is 0 Å². The van der Waals surface area contributed by atoms with Crippen molar-refractivity contribution in [1.82, 2.24) is 29.5 Å². The Morgan fingerprint density at radius 3 is 2.93 bits per heavy atom. The zero-order chi connectivity index (χ0) is 19.0. The first-order valence-electron chi connectivity index (χ1n) is 8.21. The summed E-state index contributed by atoms with van der Waals surface area (Å²) in [6.07, 6.45) is 8.11. The normalized spacial score (nSPS) is 11.4. The molecule has 0 radical (unpaired) electrons. The maximum atomic E-state index is 6.01. The zero-order valence-corrected chi connectivity index (χ0v) is 17.9. The molecule has 4 heterocycles. The van der Waals surface area contributed by atoms with E-state index in [1.54, 1.807) is 23.7 Å². The standard InChI is InChI=1S/C17H16BrN7S2/c1-9(2)4-3-5-25-15-12(14(19)21-8-22-15)24-16(25)27-17-23-11-7-20-6-10(18)13(11)26-17/h4,6-8H,3,5H2,1-2H3,(H2,19,21,22). The number of rotatable bonds is 5. The van der Waals surface area contributed by atoms with Gasteiger partial charge in [0.25, 0.3) is 0 Å². The second-order valence-corrected chi connectivity index (χ2v) is 9.17. The van der Waals surface area contributed by atoms with Gasteiger partial charge in [0.1, 0.15) is 11.8 Å². The first-order chi connectivity index (χ1) is 13.0. The zero-order valence-electron chi connectivity index (χ0n) is 14.7. The number of allylic oxidation sites excluding steroid dienone is 2. The number of aryl methyl sites for hydroxylation is 1. The van der Waals surface area contributed by atoms with Gasteiger partial charge in [-0.1, -0.05) is 11.6 Å². The van der Waals surface area contributed by atoms with Crippen molar-refractivity contribution in [3.05, 3.63) is 34.8 Å². The van der Waals surface area contributed by atoms with E-state index in [0.29, 0.717) is 11.3 Å². The molecule has 0 aliphatic heterocycles. The van der Waals surface area contributed by atoms with Gasteiger partial charge in [-0.2, -0.15) is 0 Å². The Labute approximate surface area is 172 Å². The summed E-state index contributed by atoms with van der Waals surface area (Å²) in [7, 11) is 0. The molecule has 0 saturated heterocycles. The highest BCUT2D eigenvalue weighted by atomic mass is 79.9. The molecule has 2 N–H and O–H groups in total. The van der Waals surface area contributed by atoms with Crippen molar-refractivity contribution in [2.45, 2.75) is 36.3 Å². The quantitative estimate of drug-likeness (QED) is 0.430. The van der Waals surface area contributed by atoms with Crippen LogP contribution in [0.2, 0.25) is 0 Å². The number of fused-ring (bicyclic) bond motifs is 2. The second kappa shape index (κ2) is 7.53. The summed E-state index contributed by atoms with van der Waals surface area (Å²) < 4.78 is 4.98. The fourth-order valence-electron chi connectivity index (χ4n) is 2.62. The lowest BCUT2D eigenvalue weighted by atomic mass is 10.3. The average molecular weight is 462 g/mol. The van der Waals surface area contributed by atoms with Gasteiger partial charge >= 0.3 is 0 Å². The molecule has 0 fully saturated rings. The molecule has 0 aliphatic rings. The molecule has 138 valence electrons. The third-order valence-corrected chi connectivity index (χ3v) is 6.87. The van der Waals surface area contributed by atoms with E-state index >= 15 is 0 Å². The predicted octanol–water partition coefficient (Wildman–Crippen LogP) is 4.68. The largest absolute Gasteiger partial charge is 0.382 e. The van der Waals surface area contributed by atoms with Gasteiger partial charge in [0.05, 0.1) is 15.4 Å². The molecule has 0 aliphatic carbocycles. The summed E-state index contributed by atoms with van der Waals surface area (Å²) in [5.41, 5.74) is 9.53. The van der Waals surface area contributed by atoms with Crippen LogP contribution in [0, 0.1) is 0 Å². The van der Waals surface area contributed by atoms with Crippen molar-refractivity contribution in [3.63, 3.8) is 0 Å². The number of nitrogen functional groups attached to an aromatic ring is 1. The van der Waals surface area contributed by atoms with Crippen LogP contribution in [0.15, 0.2) is 44.3 Å². The minimum absolute atomic E-state index is 0.388. The molecule has 0 saturated carbocycles. The molecule has 7 nitrogen and oxygen atoms in total. The molecule has 4 aromatic heterocycles. The number of thiazole rings is 1. The van der Waals surface area contributed by atoms with Crippen LogP contribution in [0.4, 0.5) is 5.82 Å². The van der Waals surface area contributed by atoms with Crippen LogP contribution in [0.25, 0.3) is 21.4 Å². The molecule has 27 heavy (non-hydrogen) atoms. The lowest BCUT2D eigenvalue weighted by Gasteiger charge is -2.05. The van der Waals surface area contributed by atoms with Crippen LogP contribution in [-0.2, 0) is 6.54 Å². The van der Waals surface area contributed by atoms with Crippen molar-refractivity contribution in [1.29, 1.82) is 0 Å². The lowest BCUT2D eigenvalue weighted by Crippen LogP contribution is -2.01. The maximum Gasteiger partial charge on any atom is 0.177 e. The first kappa shape index (κ1) is 18.3. The smallest absolute Gasteiger partial charge is 0.177 e. The van der Waals surface area contributed by atoms with Gasteiger partial charge in [-0.3, -0.25) is 4.98 Å². The number of imidazole rings is 1. The summed E-state index contributed by atoms with van der Waals surface area (Å²) in [6.45, 7) is 4.94. The van der Waals surface area contributed by atoms with E-state index in [1.165, 1.54) is 23.7 Å². The van der Waals surface area contributed by atoms with Gasteiger partial charge in [0.15, 0.2) is 26.5 Å². The Morgan fingerprint density at radius 2 is 2.15 bits per heavy atom. The van der Waals surface area contributed by atoms with E-state index in [-0.39, 0.29) is 0 Å². The fourth-order valence-corrected chi connectivity index (χ4v) is 5.22. The van der Waals surface area contributed by atoms with Crippen molar-refractivity contribution in [2.75, 3.05) is 5.73 Å². The molecular weight excluding hydrogens is 446 g/mol. The number of hydrogen-bond acceptors (Lipinski definition) is 8. The summed E-state index contributed by atoms with van der Waals surface area (Å²) in [6, 6.07) is 0. The Bertz CT molecular complexity index is 1160. The third-order valence-electron chi connectivity index (χ3n) is 3.84. The molecule has 0 unspecified atom stereocenters. The Hall–Kier alpha value is -2.04. The van der Waals surface area contributed by atoms with Crippen LogP contribution >= 0.6 is 39.0 Å². The summed E-state index contributed by atoms with van der Waals surface area (Å²) in [5.74, 6) is 0.388. The minimum atomic E-state index is 0.388. The first-order valence-corrected chi connectivity index (χ1v) is 10.6. The molecule has 10 heteroatoms. The highest BCUT2D eigenvalue weighted by Crippen LogP contribution is 2.37. The second-order valence-electron chi connectivity index (χ2n) is 6.10. The van der Waals surface area contributed by atoms with Gasteiger partial charge in [-0.05, 0) is 48.0 Å². The number of nitrogens with two attached hydrogens (primary N) is 1. The van der Waals surface area contributed by atoms with Gasteiger partial charge in [-0.25, -0.2) is 19.9 Å². The molecule has 4 aromatic rings. The van der Waals surface area contributed by atoms with Gasteiger partial charge in [0, 0.05) is 12.7 Å². The Morgan fingerprint density at radius 1 is 1.30 bits per heavy atom. The van der Waals surface area contributed by atoms with Gasteiger partial charge in [0.2, 0.25) is 0 Å². The SMILES string of the molecule is CC(C)=CCCn1c(Sc2nc3cncc(Br)c3s2)nc2c(N)ncnc21. The number of anilines is 1. The average Bonchev–Trinajstić information content (AvgIpc) is 3.18. The molecular formula is C17H16BrN7S2. The monoisotopic (exact) mass is 461 g/mol. The number of aromatic nitrogens is 6. The molecule has 0 bridgehead atoms. The highest BCUT2D eigenvalue weighted by Gasteiger charge is 2.17. The Balaban J connectivity index is 1.75. The van der Waals surface area contributed by atoms with Crippen LogP contribution in [0.1, 0.15) is 20.3 Å². The molecule has 4 rings (SSSR count). The van der Waals surface area contributed by atoms with Crippen LogP contribution < -0.4 is 5.73 Å². The van der Waals surface area contributed by atoms with E-state index in [4.69, 9.17) is 10.7 Å². The van der Waals surface area contributed by atoms with E-state index in [2.05, 4.69) is 60.4 Å². The van der Waals surface area contributed by atoms with Crippen LogP contribution in [-0.4, -0.2) is 29.5 Å². The van der Waals surface area contributed by atoms with Crippen LogP contribution in [0.3, 0.4) is 0 Å². The van der Waals surface area contributed by atoms with E-state index in [0.717, 1.165) is 42.8 Å². The molecule has 0 aromatic carbocycles.